The SMILES string of the molecule is O=C1NCC(NC(=O)C(F)(F)F)C(=O)N1. The van der Waals surface area contributed by atoms with E-state index in [1.165, 1.54) is 5.32 Å². The van der Waals surface area contributed by atoms with Crippen LogP contribution in [0.4, 0.5) is 18.0 Å². The minimum atomic E-state index is -5.05. The smallest absolute Gasteiger partial charge is 0.335 e. The molecule has 6 nitrogen and oxygen atoms in total. The zero-order valence-corrected chi connectivity index (χ0v) is 7.14. The zero-order chi connectivity index (χ0) is 11.6. The molecule has 0 radical (unpaired) electrons. The normalized spacial score (nSPS) is 21.7. The summed E-state index contributed by atoms with van der Waals surface area (Å²) < 4.78 is 35.3. The van der Waals surface area contributed by atoms with E-state index in [1.807, 2.05) is 0 Å². The van der Waals surface area contributed by atoms with Gasteiger partial charge in [0.05, 0.1) is 0 Å². The maximum atomic E-state index is 11.8. The van der Waals surface area contributed by atoms with Gasteiger partial charge in [-0.25, -0.2) is 4.79 Å². The summed E-state index contributed by atoms with van der Waals surface area (Å²) in [5.74, 6) is -3.20. The lowest BCUT2D eigenvalue weighted by molar-refractivity contribution is -0.174. The maximum Gasteiger partial charge on any atom is 0.471 e. The monoisotopic (exact) mass is 225 g/mol. The van der Waals surface area contributed by atoms with Crippen molar-refractivity contribution in [2.24, 2.45) is 0 Å². The standard InChI is InChI=1S/C6H6F3N3O3/c7-6(8,9)4(14)11-2-1-10-5(15)12-3(2)13/h2H,1H2,(H,11,14)(H2,10,12,13,15). The van der Waals surface area contributed by atoms with Crippen molar-refractivity contribution >= 4 is 17.8 Å². The quantitative estimate of drug-likeness (QED) is 0.527. The molecule has 0 saturated carbocycles. The Hall–Kier alpha value is -1.80. The third-order valence-electron chi connectivity index (χ3n) is 1.58. The lowest BCUT2D eigenvalue weighted by Gasteiger charge is -2.23. The van der Waals surface area contributed by atoms with Gasteiger partial charge in [0.15, 0.2) is 0 Å². The minimum absolute atomic E-state index is 0.369. The highest BCUT2D eigenvalue weighted by atomic mass is 19.4. The van der Waals surface area contributed by atoms with Crippen LogP contribution in [0.15, 0.2) is 0 Å². The highest BCUT2D eigenvalue weighted by Gasteiger charge is 2.41. The molecule has 1 atom stereocenters. The van der Waals surface area contributed by atoms with Gasteiger partial charge in [-0.05, 0) is 0 Å². The summed E-state index contributed by atoms with van der Waals surface area (Å²) in [7, 11) is 0. The molecular formula is C6H6F3N3O3. The molecule has 3 N–H and O–H groups in total. The van der Waals surface area contributed by atoms with Crippen molar-refractivity contribution in [3.63, 3.8) is 0 Å². The van der Waals surface area contributed by atoms with Crippen LogP contribution in [0, 0.1) is 0 Å². The molecule has 0 spiro atoms. The summed E-state index contributed by atoms with van der Waals surface area (Å²) >= 11 is 0. The van der Waals surface area contributed by atoms with Crippen LogP contribution in [0.25, 0.3) is 0 Å². The molecule has 0 bridgehead atoms. The third-order valence-corrected chi connectivity index (χ3v) is 1.58. The van der Waals surface area contributed by atoms with Gasteiger partial charge in [-0.15, -0.1) is 0 Å². The number of rotatable bonds is 1. The fourth-order valence-electron chi connectivity index (χ4n) is 0.887. The van der Waals surface area contributed by atoms with Crippen molar-refractivity contribution < 1.29 is 27.6 Å². The molecule has 1 aliphatic rings. The summed E-state index contributed by atoms with van der Waals surface area (Å²) in [6.07, 6.45) is -5.05. The highest BCUT2D eigenvalue weighted by molar-refractivity contribution is 6.01. The number of carbonyl (C=O) groups is 3. The molecule has 0 aliphatic carbocycles. The van der Waals surface area contributed by atoms with E-state index in [2.05, 4.69) is 5.32 Å². The van der Waals surface area contributed by atoms with Gasteiger partial charge in [0.2, 0.25) is 0 Å². The lowest BCUT2D eigenvalue weighted by atomic mass is 10.2. The van der Waals surface area contributed by atoms with Gasteiger partial charge in [0.1, 0.15) is 6.04 Å². The van der Waals surface area contributed by atoms with Gasteiger partial charge in [0, 0.05) is 6.54 Å². The van der Waals surface area contributed by atoms with Crippen molar-refractivity contribution in [2.45, 2.75) is 12.2 Å². The molecule has 0 aromatic carbocycles. The summed E-state index contributed by atoms with van der Waals surface area (Å²) in [5.41, 5.74) is 0. The second-order valence-electron chi connectivity index (χ2n) is 2.72. The highest BCUT2D eigenvalue weighted by Crippen LogP contribution is 2.14. The first-order valence-electron chi connectivity index (χ1n) is 3.77. The Labute approximate surface area is 81.2 Å². The molecule has 4 amide bonds. The molecule has 84 valence electrons. The van der Waals surface area contributed by atoms with E-state index in [9.17, 15) is 27.6 Å². The molecule has 0 aromatic heterocycles. The van der Waals surface area contributed by atoms with E-state index in [4.69, 9.17) is 0 Å². The summed E-state index contributed by atoms with van der Waals surface area (Å²) in [4.78, 5) is 31.9. The van der Waals surface area contributed by atoms with E-state index in [0.29, 0.717) is 0 Å². The van der Waals surface area contributed by atoms with E-state index in [-0.39, 0.29) is 6.54 Å². The van der Waals surface area contributed by atoms with Crippen LogP contribution in [0.3, 0.4) is 0 Å². The topological polar surface area (TPSA) is 87.3 Å². The van der Waals surface area contributed by atoms with Crippen LogP contribution >= 0.6 is 0 Å². The van der Waals surface area contributed by atoms with Crippen molar-refractivity contribution in [3.05, 3.63) is 0 Å². The summed E-state index contributed by atoms with van der Waals surface area (Å²) in [6.45, 7) is -0.369. The van der Waals surface area contributed by atoms with E-state index < -0.39 is 30.1 Å². The molecule has 9 heteroatoms. The fourth-order valence-corrected chi connectivity index (χ4v) is 0.887. The zero-order valence-electron chi connectivity index (χ0n) is 7.14. The molecule has 1 heterocycles. The van der Waals surface area contributed by atoms with Gasteiger partial charge < -0.3 is 10.6 Å². The number of amides is 4. The Kier molecular flexibility index (Phi) is 2.82. The van der Waals surface area contributed by atoms with Crippen LogP contribution in [0.1, 0.15) is 0 Å². The predicted molar refractivity (Wildman–Crippen MR) is 39.5 cm³/mol. The fraction of sp³-hybridized carbons (Fsp3) is 0.500. The first kappa shape index (κ1) is 11.3. The molecule has 15 heavy (non-hydrogen) atoms. The van der Waals surface area contributed by atoms with Crippen LogP contribution in [0.5, 0.6) is 0 Å². The Morgan fingerprint density at radius 3 is 2.47 bits per heavy atom. The van der Waals surface area contributed by atoms with Crippen LogP contribution in [-0.2, 0) is 9.59 Å². The van der Waals surface area contributed by atoms with Gasteiger partial charge in [-0.3, -0.25) is 14.9 Å². The Bertz CT molecular complexity index is 314. The summed E-state index contributed by atoms with van der Waals surface area (Å²) in [5, 5.41) is 5.22. The second-order valence-corrected chi connectivity index (χ2v) is 2.72. The predicted octanol–water partition coefficient (Wildman–Crippen LogP) is -1.13. The van der Waals surface area contributed by atoms with Crippen molar-refractivity contribution in [1.29, 1.82) is 0 Å². The number of hydrogen-bond donors (Lipinski definition) is 3. The van der Waals surface area contributed by atoms with Crippen molar-refractivity contribution in [1.82, 2.24) is 16.0 Å². The van der Waals surface area contributed by atoms with E-state index in [0.717, 1.165) is 0 Å². The first-order chi connectivity index (χ1) is 6.80. The van der Waals surface area contributed by atoms with Gasteiger partial charge >= 0.3 is 18.1 Å². The average molecular weight is 225 g/mol. The van der Waals surface area contributed by atoms with Gasteiger partial charge in [-0.1, -0.05) is 0 Å². The molecule has 0 aromatic rings. The molecule has 1 saturated heterocycles. The second kappa shape index (κ2) is 3.75. The molecule has 1 rings (SSSR count). The average Bonchev–Trinajstić information content (AvgIpc) is 2.08. The van der Waals surface area contributed by atoms with Crippen LogP contribution in [0.2, 0.25) is 0 Å². The molecule has 1 unspecified atom stereocenters. The minimum Gasteiger partial charge on any atom is -0.335 e. The molecular weight excluding hydrogens is 219 g/mol. The van der Waals surface area contributed by atoms with E-state index >= 15 is 0 Å². The molecule has 1 aliphatic heterocycles. The Balaban J connectivity index is 2.56. The lowest BCUT2D eigenvalue weighted by Crippen LogP contribution is -2.62. The maximum absolute atomic E-state index is 11.8. The van der Waals surface area contributed by atoms with Gasteiger partial charge in [0.25, 0.3) is 5.91 Å². The number of imide groups is 1. The van der Waals surface area contributed by atoms with Crippen LogP contribution in [-0.4, -0.2) is 36.6 Å². The van der Waals surface area contributed by atoms with Crippen molar-refractivity contribution in [2.75, 3.05) is 6.54 Å². The van der Waals surface area contributed by atoms with Gasteiger partial charge in [-0.2, -0.15) is 13.2 Å². The molecule has 1 fully saturated rings. The number of urea groups is 1. The first-order valence-corrected chi connectivity index (χ1v) is 3.77. The number of carbonyl (C=O) groups excluding carboxylic acids is 3. The number of nitrogens with one attached hydrogen (secondary N) is 3. The Morgan fingerprint density at radius 1 is 1.40 bits per heavy atom. The van der Waals surface area contributed by atoms with E-state index in [1.54, 1.807) is 5.32 Å². The van der Waals surface area contributed by atoms with Crippen LogP contribution < -0.4 is 16.0 Å². The Morgan fingerprint density at radius 2 is 2.00 bits per heavy atom. The third kappa shape index (κ3) is 2.82. The van der Waals surface area contributed by atoms with Crippen molar-refractivity contribution in [3.8, 4) is 0 Å². The largest absolute Gasteiger partial charge is 0.471 e. The number of alkyl halides is 3. The number of hydrogen-bond acceptors (Lipinski definition) is 3. The number of halogens is 3. The summed E-state index contributed by atoms with van der Waals surface area (Å²) in [6, 6.07) is -2.21.